The largest absolute Gasteiger partial charge is 0.366 e. The van der Waals surface area contributed by atoms with E-state index >= 15 is 0 Å². The van der Waals surface area contributed by atoms with Gasteiger partial charge in [-0.2, -0.15) is 0 Å². The Morgan fingerprint density at radius 1 is 0.808 bits per heavy atom. The number of benzene rings is 2. The summed E-state index contributed by atoms with van der Waals surface area (Å²) in [6.07, 6.45) is 4.00. The number of aromatic nitrogens is 2. The molecule has 2 aromatic carbocycles. The first-order valence-electron chi connectivity index (χ1n) is 9.09. The number of hydrogen-bond donors (Lipinski definition) is 1. The van der Waals surface area contributed by atoms with E-state index in [-0.39, 0.29) is 0 Å². The van der Waals surface area contributed by atoms with Gasteiger partial charge in [-0.3, -0.25) is 4.40 Å². The molecule has 2 heterocycles. The van der Waals surface area contributed by atoms with Gasteiger partial charge in [0.1, 0.15) is 11.5 Å². The molecule has 26 heavy (non-hydrogen) atoms. The highest BCUT2D eigenvalue weighted by molar-refractivity contribution is 5.59. The van der Waals surface area contributed by atoms with Gasteiger partial charge < -0.3 is 5.32 Å². The second-order valence-corrected chi connectivity index (χ2v) is 6.62. The Kier molecular flexibility index (Phi) is 4.69. The predicted molar refractivity (Wildman–Crippen MR) is 108 cm³/mol. The molecule has 0 saturated heterocycles. The van der Waals surface area contributed by atoms with Crippen LogP contribution in [0.3, 0.4) is 0 Å². The summed E-state index contributed by atoms with van der Waals surface area (Å²) in [6, 6.07) is 25.3. The molecular formula is C23H23N3. The van der Waals surface area contributed by atoms with Crippen LogP contribution in [0.4, 0.5) is 5.82 Å². The fourth-order valence-electron chi connectivity index (χ4n) is 3.30. The molecule has 0 saturated carbocycles. The summed E-state index contributed by atoms with van der Waals surface area (Å²) in [5.74, 6) is 1.10. The molecule has 0 radical (unpaired) electrons. The zero-order valence-corrected chi connectivity index (χ0v) is 15.0. The maximum atomic E-state index is 4.94. The monoisotopic (exact) mass is 341 g/mol. The van der Waals surface area contributed by atoms with Crippen molar-refractivity contribution in [1.29, 1.82) is 0 Å². The van der Waals surface area contributed by atoms with E-state index in [4.69, 9.17) is 4.98 Å². The molecule has 3 nitrogen and oxygen atoms in total. The van der Waals surface area contributed by atoms with Crippen LogP contribution in [-0.2, 0) is 19.4 Å². The quantitative estimate of drug-likeness (QED) is 0.532. The summed E-state index contributed by atoms with van der Waals surface area (Å²) in [6.45, 7) is 2.91. The van der Waals surface area contributed by atoms with E-state index in [1.54, 1.807) is 0 Å². The molecule has 0 atom stereocenters. The Morgan fingerprint density at radius 2 is 1.50 bits per heavy atom. The van der Waals surface area contributed by atoms with Crippen LogP contribution in [0.5, 0.6) is 0 Å². The Morgan fingerprint density at radius 3 is 2.23 bits per heavy atom. The molecule has 130 valence electrons. The summed E-state index contributed by atoms with van der Waals surface area (Å²) in [4.78, 5) is 4.94. The van der Waals surface area contributed by atoms with Crippen molar-refractivity contribution in [3.8, 4) is 0 Å². The van der Waals surface area contributed by atoms with Crippen molar-refractivity contribution in [3.63, 3.8) is 0 Å². The minimum Gasteiger partial charge on any atom is -0.366 e. The van der Waals surface area contributed by atoms with Gasteiger partial charge in [-0.25, -0.2) is 4.98 Å². The smallest absolute Gasteiger partial charge is 0.141 e. The van der Waals surface area contributed by atoms with Crippen molar-refractivity contribution in [2.24, 2.45) is 0 Å². The van der Waals surface area contributed by atoms with Crippen LogP contribution in [0.25, 0.3) is 5.65 Å². The Balaban J connectivity index is 1.63. The van der Waals surface area contributed by atoms with Crippen molar-refractivity contribution in [2.45, 2.75) is 26.3 Å². The average Bonchev–Trinajstić information content (AvgIpc) is 3.05. The number of hydrogen-bond acceptors (Lipinski definition) is 2. The predicted octanol–water partition coefficient (Wildman–Crippen LogP) is 5.04. The van der Waals surface area contributed by atoms with Crippen molar-refractivity contribution >= 4 is 11.5 Å². The molecule has 0 aliphatic rings. The Bertz CT molecular complexity index is 988. The summed E-state index contributed by atoms with van der Waals surface area (Å²) >= 11 is 0. The van der Waals surface area contributed by atoms with Crippen molar-refractivity contribution in [2.75, 3.05) is 5.32 Å². The van der Waals surface area contributed by atoms with Gasteiger partial charge in [0.05, 0.1) is 5.69 Å². The Labute approximate surface area is 154 Å². The van der Waals surface area contributed by atoms with E-state index < -0.39 is 0 Å². The van der Waals surface area contributed by atoms with Gasteiger partial charge in [-0.1, -0.05) is 66.7 Å². The molecule has 0 aliphatic carbocycles. The van der Waals surface area contributed by atoms with Gasteiger partial charge in [0.2, 0.25) is 0 Å². The van der Waals surface area contributed by atoms with Crippen molar-refractivity contribution in [3.05, 3.63) is 101 Å². The number of nitrogens with one attached hydrogen (secondary N) is 1. The van der Waals surface area contributed by atoms with Crippen LogP contribution >= 0.6 is 0 Å². The number of pyridine rings is 1. The normalized spacial score (nSPS) is 11.0. The molecular weight excluding hydrogens is 318 g/mol. The standard InChI is InChI=1S/C23H23N3/c1-18-9-8-16-26-22(18)25-21(15-14-19-10-4-2-5-11-19)23(26)24-17-20-12-6-3-7-13-20/h2-13,16,24H,14-15,17H2,1H3. The van der Waals surface area contributed by atoms with Crippen LogP contribution in [0.15, 0.2) is 79.0 Å². The van der Waals surface area contributed by atoms with Gasteiger partial charge >= 0.3 is 0 Å². The molecule has 1 N–H and O–H groups in total. The van der Waals surface area contributed by atoms with E-state index in [2.05, 4.69) is 89.6 Å². The number of imidazole rings is 1. The van der Waals surface area contributed by atoms with Crippen molar-refractivity contribution < 1.29 is 0 Å². The zero-order valence-electron chi connectivity index (χ0n) is 15.0. The van der Waals surface area contributed by atoms with Crippen LogP contribution in [-0.4, -0.2) is 9.38 Å². The van der Waals surface area contributed by atoms with Crippen LogP contribution in [0, 0.1) is 6.92 Å². The van der Waals surface area contributed by atoms with Crippen LogP contribution in [0.2, 0.25) is 0 Å². The number of anilines is 1. The molecule has 0 aliphatic heterocycles. The van der Waals surface area contributed by atoms with E-state index in [1.165, 1.54) is 16.7 Å². The lowest BCUT2D eigenvalue weighted by atomic mass is 10.1. The molecule has 2 aromatic heterocycles. The maximum absolute atomic E-state index is 4.94. The molecule has 0 unspecified atom stereocenters. The molecule has 0 bridgehead atoms. The molecule has 4 rings (SSSR count). The summed E-state index contributed by atoms with van der Waals surface area (Å²) in [7, 11) is 0. The fraction of sp³-hybridized carbons (Fsp3) is 0.174. The third-order valence-electron chi connectivity index (χ3n) is 4.71. The summed E-state index contributed by atoms with van der Waals surface area (Å²) < 4.78 is 2.18. The average molecular weight is 341 g/mol. The van der Waals surface area contributed by atoms with E-state index in [1.807, 2.05) is 6.07 Å². The third kappa shape index (κ3) is 3.47. The molecule has 3 heteroatoms. The number of rotatable bonds is 6. The summed E-state index contributed by atoms with van der Waals surface area (Å²) in [5, 5.41) is 3.62. The molecule has 0 fully saturated rings. The molecule has 4 aromatic rings. The van der Waals surface area contributed by atoms with Gasteiger partial charge in [0, 0.05) is 12.7 Å². The number of nitrogens with zero attached hydrogens (tertiary/aromatic N) is 2. The number of aryl methyl sites for hydroxylation is 3. The minimum absolute atomic E-state index is 0.793. The number of fused-ring (bicyclic) bond motifs is 1. The van der Waals surface area contributed by atoms with Crippen LogP contribution < -0.4 is 5.32 Å². The minimum atomic E-state index is 0.793. The van der Waals surface area contributed by atoms with E-state index in [9.17, 15) is 0 Å². The first-order chi connectivity index (χ1) is 12.8. The zero-order chi connectivity index (χ0) is 17.8. The lowest BCUT2D eigenvalue weighted by Crippen LogP contribution is -2.05. The van der Waals surface area contributed by atoms with Gasteiger partial charge in [-0.05, 0) is 42.5 Å². The first-order valence-corrected chi connectivity index (χ1v) is 9.09. The molecule has 0 spiro atoms. The van der Waals surface area contributed by atoms with Gasteiger partial charge in [-0.15, -0.1) is 0 Å². The van der Waals surface area contributed by atoms with Crippen LogP contribution in [0.1, 0.15) is 22.4 Å². The topological polar surface area (TPSA) is 29.3 Å². The third-order valence-corrected chi connectivity index (χ3v) is 4.71. The highest BCUT2D eigenvalue weighted by Crippen LogP contribution is 2.23. The highest BCUT2D eigenvalue weighted by atomic mass is 15.1. The lowest BCUT2D eigenvalue weighted by Gasteiger charge is -2.09. The molecule has 0 amide bonds. The highest BCUT2D eigenvalue weighted by Gasteiger charge is 2.13. The first kappa shape index (κ1) is 16.4. The van der Waals surface area contributed by atoms with Gasteiger partial charge in [0.15, 0.2) is 0 Å². The summed E-state index contributed by atoms with van der Waals surface area (Å²) in [5.41, 5.74) is 5.96. The van der Waals surface area contributed by atoms with Gasteiger partial charge in [0.25, 0.3) is 0 Å². The SMILES string of the molecule is Cc1cccn2c(NCc3ccccc3)c(CCc3ccccc3)nc12. The lowest BCUT2D eigenvalue weighted by molar-refractivity contribution is 0.923. The van der Waals surface area contributed by atoms with E-state index in [0.717, 1.165) is 36.5 Å². The second-order valence-electron chi connectivity index (χ2n) is 6.62. The van der Waals surface area contributed by atoms with E-state index in [0.29, 0.717) is 0 Å². The maximum Gasteiger partial charge on any atom is 0.141 e. The van der Waals surface area contributed by atoms with Crippen molar-refractivity contribution in [1.82, 2.24) is 9.38 Å². The fourth-order valence-corrected chi connectivity index (χ4v) is 3.30. The Hall–Kier alpha value is -3.07. The second kappa shape index (κ2) is 7.44.